The molecule has 0 spiro atoms. The Kier molecular flexibility index (Phi) is 8.51. The van der Waals surface area contributed by atoms with E-state index in [0.717, 1.165) is 12.1 Å². The summed E-state index contributed by atoms with van der Waals surface area (Å²) >= 11 is 6.27. The number of nitrogens with two attached hydrogens (primary N) is 1. The lowest BCUT2D eigenvalue weighted by Gasteiger charge is -2.14. The molecule has 0 aliphatic rings. The number of hydrogen-bond acceptors (Lipinski definition) is 8. The first-order chi connectivity index (χ1) is 19.2. The van der Waals surface area contributed by atoms with Crippen molar-refractivity contribution in [1.82, 2.24) is 9.97 Å². The average Bonchev–Trinajstić information content (AvgIpc) is 2.87. The predicted molar refractivity (Wildman–Crippen MR) is 148 cm³/mol. The number of hydrogen-bond donors (Lipinski definition) is 5. The first-order valence-electron chi connectivity index (χ1n) is 11.5. The quantitative estimate of drug-likeness (QED) is 0.160. The van der Waals surface area contributed by atoms with Crippen molar-refractivity contribution in [2.75, 3.05) is 21.3 Å². The maximum absolute atomic E-state index is 12.4. The number of nitrogens with one attached hydrogen (secondary N) is 4. The maximum atomic E-state index is 12.4. The molecular formula is C25H21ClF3N7O4S. The Morgan fingerprint density at radius 2 is 1.63 bits per heavy atom. The Bertz CT molecular complexity index is 1690. The van der Waals surface area contributed by atoms with E-state index in [1.165, 1.54) is 36.5 Å². The summed E-state index contributed by atoms with van der Waals surface area (Å²) < 4.78 is 63.9. The Balaban J connectivity index is 1.40. The third-order valence-corrected chi connectivity index (χ3v) is 6.43. The second-order valence-electron chi connectivity index (χ2n) is 8.39. The van der Waals surface area contributed by atoms with Crippen LogP contribution in [0.3, 0.4) is 0 Å². The van der Waals surface area contributed by atoms with Crippen molar-refractivity contribution < 1.29 is 31.1 Å². The summed E-state index contributed by atoms with van der Waals surface area (Å²) in [5.74, 6) is -0.0227. The van der Waals surface area contributed by atoms with E-state index in [2.05, 4.69) is 36.0 Å². The Hall–Kier alpha value is -4.60. The fourth-order valence-corrected chi connectivity index (χ4v) is 4.14. The molecule has 0 bridgehead atoms. The zero-order chi connectivity index (χ0) is 29.8. The molecule has 1 heterocycles. The largest absolute Gasteiger partial charge is 0.573 e. The van der Waals surface area contributed by atoms with Crippen molar-refractivity contribution in [3.8, 4) is 5.75 Å². The molecule has 0 radical (unpaired) electrons. The number of carbonyl (C=O) groups excluding carboxylic acids is 1. The number of nitrogens with zero attached hydrogens (tertiary/aromatic N) is 2. The molecule has 0 saturated carbocycles. The van der Waals surface area contributed by atoms with Gasteiger partial charge in [-0.3, -0.25) is 0 Å². The minimum atomic E-state index is -4.81. The highest BCUT2D eigenvalue weighted by Gasteiger charge is 2.31. The molecule has 4 rings (SSSR count). The molecule has 0 unspecified atom stereocenters. The highest BCUT2D eigenvalue weighted by atomic mass is 35.5. The van der Waals surface area contributed by atoms with E-state index in [-0.39, 0.29) is 27.4 Å². The van der Waals surface area contributed by atoms with Gasteiger partial charge in [0.15, 0.2) is 5.82 Å². The normalized spacial score (nSPS) is 11.5. The van der Waals surface area contributed by atoms with E-state index in [4.69, 9.17) is 16.7 Å². The van der Waals surface area contributed by atoms with Gasteiger partial charge in [-0.15, -0.1) is 13.2 Å². The Morgan fingerprint density at radius 3 is 2.29 bits per heavy atom. The van der Waals surface area contributed by atoms with Crippen molar-refractivity contribution in [3.05, 3.63) is 83.5 Å². The topological polar surface area (TPSA) is 160 Å². The first kappa shape index (κ1) is 29.4. The highest BCUT2D eigenvalue weighted by molar-refractivity contribution is 7.89. The summed E-state index contributed by atoms with van der Waals surface area (Å²) in [6.07, 6.45) is -3.45. The lowest BCUT2D eigenvalue weighted by Crippen LogP contribution is -2.20. The molecule has 214 valence electrons. The number of aryl methyl sites for hydroxylation is 1. The zero-order valence-corrected chi connectivity index (χ0v) is 22.5. The van der Waals surface area contributed by atoms with Crippen molar-refractivity contribution in [1.29, 1.82) is 0 Å². The van der Waals surface area contributed by atoms with Crippen LogP contribution >= 0.6 is 11.6 Å². The maximum Gasteiger partial charge on any atom is 0.573 e. The number of sulfonamides is 1. The van der Waals surface area contributed by atoms with Gasteiger partial charge in [0.2, 0.25) is 16.0 Å². The Morgan fingerprint density at radius 1 is 0.951 bits per heavy atom. The number of benzene rings is 3. The molecule has 0 atom stereocenters. The van der Waals surface area contributed by atoms with Crippen LogP contribution in [0.25, 0.3) is 0 Å². The van der Waals surface area contributed by atoms with Crippen LogP contribution in [0.4, 0.5) is 52.5 Å². The lowest BCUT2D eigenvalue weighted by molar-refractivity contribution is -0.274. The average molecular weight is 608 g/mol. The summed E-state index contributed by atoms with van der Waals surface area (Å²) in [7, 11) is -3.90. The van der Waals surface area contributed by atoms with Crippen molar-refractivity contribution in [2.45, 2.75) is 18.2 Å². The summed E-state index contributed by atoms with van der Waals surface area (Å²) in [5.41, 5.74) is 2.40. The SMILES string of the molecule is Cc1cc(NC(=O)Nc2ccc(OC(F)(F)F)cc2)ccc1Nc1nc(Nc2cccc(S(N)(=O)=O)c2)ncc1Cl. The molecule has 0 fully saturated rings. The number of halogens is 4. The van der Waals surface area contributed by atoms with Gasteiger partial charge in [-0.05, 0) is 73.2 Å². The van der Waals surface area contributed by atoms with Crippen LogP contribution in [0.15, 0.2) is 77.8 Å². The van der Waals surface area contributed by atoms with Gasteiger partial charge in [-0.25, -0.2) is 23.3 Å². The molecule has 11 nitrogen and oxygen atoms in total. The number of urea groups is 1. The molecule has 3 aromatic carbocycles. The molecule has 2 amide bonds. The number of alkyl halides is 3. The van der Waals surface area contributed by atoms with E-state index in [1.54, 1.807) is 31.2 Å². The van der Waals surface area contributed by atoms with Gasteiger partial charge in [-0.2, -0.15) is 4.98 Å². The van der Waals surface area contributed by atoms with E-state index in [1.807, 2.05) is 0 Å². The summed E-state index contributed by atoms with van der Waals surface area (Å²) in [6, 6.07) is 14.9. The van der Waals surface area contributed by atoms with Crippen LogP contribution in [-0.4, -0.2) is 30.8 Å². The predicted octanol–water partition coefficient (Wildman–Crippen LogP) is 6.12. The van der Waals surface area contributed by atoms with Gasteiger partial charge in [0.25, 0.3) is 0 Å². The molecule has 0 aliphatic heterocycles. The molecule has 0 saturated heterocycles. The number of rotatable bonds is 8. The summed E-state index contributed by atoms with van der Waals surface area (Å²) in [6.45, 7) is 1.78. The van der Waals surface area contributed by atoms with E-state index in [0.29, 0.717) is 22.6 Å². The van der Waals surface area contributed by atoms with Crippen LogP contribution in [0, 0.1) is 6.92 Å². The van der Waals surface area contributed by atoms with Crippen LogP contribution < -0.4 is 31.1 Å². The van der Waals surface area contributed by atoms with Crippen molar-refractivity contribution in [3.63, 3.8) is 0 Å². The van der Waals surface area contributed by atoms with Crippen molar-refractivity contribution in [2.24, 2.45) is 5.14 Å². The molecule has 4 aromatic rings. The fourth-order valence-electron chi connectivity index (χ4n) is 3.44. The second kappa shape index (κ2) is 11.9. The van der Waals surface area contributed by atoms with Crippen LogP contribution in [0.1, 0.15) is 5.56 Å². The van der Waals surface area contributed by atoms with Gasteiger partial charge in [0.05, 0.1) is 11.1 Å². The monoisotopic (exact) mass is 607 g/mol. The van der Waals surface area contributed by atoms with E-state index in [9.17, 15) is 26.4 Å². The number of primary sulfonamides is 1. The molecule has 16 heteroatoms. The third-order valence-electron chi connectivity index (χ3n) is 5.25. The van der Waals surface area contributed by atoms with E-state index < -0.39 is 28.2 Å². The van der Waals surface area contributed by atoms with Gasteiger partial charge in [-0.1, -0.05) is 17.7 Å². The molecule has 41 heavy (non-hydrogen) atoms. The second-order valence-corrected chi connectivity index (χ2v) is 10.4. The third kappa shape index (κ3) is 8.44. The zero-order valence-electron chi connectivity index (χ0n) is 21.0. The number of ether oxygens (including phenoxy) is 1. The van der Waals surface area contributed by atoms with Gasteiger partial charge in [0.1, 0.15) is 10.8 Å². The number of amides is 2. The van der Waals surface area contributed by atoms with Gasteiger partial charge >= 0.3 is 12.4 Å². The lowest BCUT2D eigenvalue weighted by atomic mass is 10.1. The molecule has 0 aliphatic carbocycles. The minimum Gasteiger partial charge on any atom is -0.406 e. The first-order valence-corrected chi connectivity index (χ1v) is 13.4. The van der Waals surface area contributed by atoms with Crippen LogP contribution in [0.5, 0.6) is 5.75 Å². The summed E-state index contributed by atoms with van der Waals surface area (Å²) in [4.78, 5) is 20.7. The summed E-state index contributed by atoms with van der Waals surface area (Å²) in [5, 5.41) is 16.5. The number of aromatic nitrogens is 2. The van der Waals surface area contributed by atoms with Gasteiger partial charge < -0.3 is 26.0 Å². The number of carbonyl (C=O) groups is 1. The fraction of sp³-hybridized carbons (Fsp3) is 0.0800. The number of anilines is 6. The smallest absolute Gasteiger partial charge is 0.406 e. The molecule has 1 aromatic heterocycles. The van der Waals surface area contributed by atoms with Crippen molar-refractivity contribution >= 4 is 62.2 Å². The minimum absolute atomic E-state index is 0.0822. The van der Waals surface area contributed by atoms with Crippen LogP contribution in [-0.2, 0) is 10.0 Å². The standard InChI is InChI=1S/C25H21ClF3N7O4S/c1-14-11-17(34-24(37)33-15-5-8-18(9-6-15)40-25(27,28)29)7-10-21(14)35-22-20(26)13-31-23(36-22)32-16-3-2-4-19(12-16)41(30,38)39/h2-13H,1H3,(H2,30,38,39)(H2,33,34,37)(H2,31,32,35,36). The molecule has 6 N–H and O–H groups in total. The van der Waals surface area contributed by atoms with E-state index >= 15 is 0 Å². The van der Waals surface area contributed by atoms with Crippen LogP contribution in [0.2, 0.25) is 5.02 Å². The Labute approximate surface area is 237 Å². The van der Waals surface area contributed by atoms with Gasteiger partial charge in [0, 0.05) is 22.7 Å². The highest BCUT2D eigenvalue weighted by Crippen LogP contribution is 2.29. The molecular weight excluding hydrogens is 587 g/mol.